The van der Waals surface area contributed by atoms with Gasteiger partial charge in [0.25, 0.3) is 0 Å². The van der Waals surface area contributed by atoms with E-state index < -0.39 is 22.2 Å². The highest BCUT2D eigenvalue weighted by Crippen LogP contribution is 2.19. The van der Waals surface area contributed by atoms with Crippen LogP contribution in [0.2, 0.25) is 0 Å². The van der Waals surface area contributed by atoms with Crippen molar-refractivity contribution in [1.82, 2.24) is 14.5 Å². The lowest BCUT2D eigenvalue weighted by atomic mass is 10.0. The number of sulfonamides is 1. The second kappa shape index (κ2) is 15.1. The Morgan fingerprint density at radius 2 is 1.69 bits per heavy atom. The number of amides is 1. The van der Waals surface area contributed by atoms with Gasteiger partial charge in [-0.1, -0.05) is 26.0 Å². The molecular weight excluding hydrogens is 503 g/mol. The zero-order chi connectivity index (χ0) is 27.4. The number of aliphatic carboxylic acids is 1. The highest BCUT2D eigenvalue weighted by atomic mass is 32.2. The number of piperazine rings is 1. The Morgan fingerprint density at radius 3 is 2.17 bits per heavy atom. The van der Waals surface area contributed by atoms with Crippen LogP contribution in [0.25, 0.3) is 0 Å². The lowest BCUT2D eigenvalue weighted by Gasteiger charge is -2.29. The number of carbonyl (C=O) groups excluding carboxylic acids is 1. The summed E-state index contributed by atoms with van der Waals surface area (Å²) in [4.78, 5) is 23.5. The molecule has 1 aromatic rings. The number of halogens is 3. The lowest BCUT2D eigenvalue weighted by molar-refractivity contribution is -0.192. The fraction of sp³-hybridized carbons (Fsp3) is 0.652. The van der Waals surface area contributed by atoms with E-state index in [2.05, 4.69) is 19.2 Å². The van der Waals surface area contributed by atoms with Crippen molar-refractivity contribution < 1.29 is 41.0 Å². The fourth-order valence-corrected chi connectivity index (χ4v) is 4.93. The smallest absolute Gasteiger partial charge is 0.475 e. The number of alkyl halides is 3. The van der Waals surface area contributed by atoms with Gasteiger partial charge >= 0.3 is 12.1 Å². The number of rotatable bonds is 11. The Hall–Kier alpha value is -2.22. The van der Waals surface area contributed by atoms with Gasteiger partial charge in [-0.25, -0.2) is 13.2 Å². The topological polar surface area (TPSA) is 116 Å². The second-order valence-electron chi connectivity index (χ2n) is 8.68. The molecule has 1 amide bonds. The molecule has 0 saturated carbocycles. The minimum absolute atomic E-state index is 0.00530. The van der Waals surface area contributed by atoms with Crippen LogP contribution in [0.3, 0.4) is 0 Å². The summed E-state index contributed by atoms with van der Waals surface area (Å²) in [5.74, 6) is -2.24. The zero-order valence-corrected chi connectivity index (χ0v) is 21.7. The number of methoxy groups -OCH3 is 1. The molecule has 36 heavy (non-hydrogen) atoms. The molecule has 2 N–H and O–H groups in total. The second-order valence-corrected chi connectivity index (χ2v) is 10.6. The molecule has 0 spiro atoms. The molecule has 0 atom stereocenters. The SMILES string of the molecule is COCCCN(CCC(=O)N1CCNCC1)S(=O)(=O)c1ccc(CC(C)C)cc1.O=C(O)C(F)(F)F. The van der Waals surface area contributed by atoms with E-state index in [1.165, 1.54) is 4.31 Å². The van der Waals surface area contributed by atoms with Crippen molar-refractivity contribution in [2.24, 2.45) is 5.92 Å². The third-order valence-electron chi connectivity index (χ3n) is 5.25. The van der Waals surface area contributed by atoms with Crippen LogP contribution < -0.4 is 5.32 Å². The first kappa shape index (κ1) is 31.8. The molecule has 1 aliphatic rings. The van der Waals surface area contributed by atoms with Crippen LogP contribution >= 0.6 is 0 Å². The molecule has 2 rings (SSSR count). The van der Waals surface area contributed by atoms with Gasteiger partial charge in [0.15, 0.2) is 0 Å². The summed E-state index contributed by atoms with van der Waals surface area (Å²) in [6, 6.07) is 7.11. The third-order valence-corrected chi connectivity index (χ3v) is 7.16. The Bertz CT molecular complexity index is 918. The number of nitrogens with zero attached hydrogens (tertiary/aromatic N) is 2. The highest BCUT2D eigenvalue weighted by Gasteiger charge is 2.38. The summed E-state index contributed by atoms with van der Waals surface area (Å²) in [6.45, 7) is 8.18. The van der Waals surface area contributed by atoms with E-state index in [1.807, 2.05) is 12.1 Å². The molecule has 0 aliphatic carbocycles. The standard InChI is InChI=1S/C21H35N3O4S.C2HF3O2/c1-18(2)17-19-5-7-20(8-6-19)29(26,27)24(12-4-16-28-3)13-9-21(25)23-14-10-22-11-15-23;3-2(4,5)1(6)7/h5-8,18,22H,4,9-17H2,1-3H3;(H,6,7). The van der Waals surface area contributed by atoms with Crippen molar-refractivity contribution in [2.45, 2.75) is 44.2 Å². The maximum atomic E-state index is 13.2. The Labute approximate surface area is 210 Å². The van der Waals surface area contributed by atoms with Gasteiger partial charge in [0.2, 0.25) is 15.9 Å². The number of ether oxygens (including phenoxy) is 1. The number of hydrogen-bond donors (Lipinski definition) is 2. The Kier molecular flexibility index (Phi) is 13.4. The Morgan fingerprint density at radius 1 is 1.14 bits per heavy atom. The summed E-state index contributed by atoms with van der Waals surface area (Å²) in [5, 5.41) is 10.3. The monoisotopic (exact) mass is 539 g/mol. The molecule has 0 radical (unpaired) electrons. The quantitative estimate of drug-likeness (QED) is 0.415. The van der Waals surface area contributed by atoms with Crippen molar-refractivity contribution >= 4 is 21.9 Å². The van der Waals surface area contributed by atoms with Crippen LogP contribution in [-0.4, -0.2) is 93.8 Å². The predicted molar refractivity (Wildman–Crippen MR) is 128 cm³/mol. The summed E-state index contributed by atoms with van der Waals surface area (Å²) in [5.41, 5.74) is 1.12. The number of carboxylic acids is 1. The van der Waals surface area contributed by atoms with Gasteiger partial charge in [0.05, 0.1) is 4.90 Å². The first-order valence-corrected chi connectivity index (χ1v) is 13.1. The molecule has 1 fully saturated rings. The maximum Gasteiger partial charge on any atom is 0.490 e. The summed E-state index contributed by atoms with van der Waals surface area (Å²) < 4.78 is 64.6. The largest absolute Gasteiger partial charge is 0.490 e. The van der Waals surface area contributed by atoms with E-state index >= 15 is 0 Å². The first-order chi connectivity index (χ1) is 16.8. The lowest BCUT2D eigenvalue weighted by Crippen LogP contribution is -2.47. The summed E-state index contributed by atoms with van der Waals surface area (Å²) >= 11 is 0. The van der Waals surface area contributed by atoms with E-state index in [0.29, 0.717) is 38.6 Å². The van der Waals surface area contributed by atoms with E-state index in [9.17, 15) is 26.4 Å². The molecule has 0 bridgehead atoms. The van der Waals surface area contributed by atoms with Crippen molar-refractivity contribution in [2.75, 3.05) is 53.0 Å². The molecule has 1 heterocycles. The van der Waals surface area contributed by atoms with Gasteiger partial charge in [-0.3, -0.25) is 4.79 Å². The number of benzene rings is 1. The predicted octanol–water partition coefficient (Wildman–Crippen LogP) is 2.37. The number of hydrogen-bond acceptors (Lipinski definition) is 6. The highest BCUT2D eigenvalue weighted by molar-refractivity contribution is 7.89. The zero-order valence-electron chi connectivity index (χ0n) is 20.9. The summed E-state index contributed by atoms with van der Waals surface area (Å²) in [7, 11) is -2.06. The molecule has 13 heteroatoms. The van der Waals surface area contributed by atoms with Gasteiger partial charge in [0.1, 0.15) is 0 Å². The van der Waals surface area contributed by atoms with Gasteiger partial charge < -0.3 is 20.1 Å². The molecule has 0 unspecified atom stereocenters. The Balaban J connectivity index is 0.000000809. The first-order valence-electron chi connectivity index (χ1n) is 11.7. The average molecular weight is 540 g/mol. The van der Waals surface area contributed by atoms with Crippen LogP contribution in [-0.2, 0) is 30.8 Å². The van der Waals surface area contributed by atoms with Crippen LogP contribution in [0.4, 0.5) is 13.2 Å². The fourth-order valence-electron chi connectivity index (χ4n) is 3.45. The third kappa shape index (κ3) is 11.2. The van der Waals surface area contributed by atoms with Crippen LogP contribution in [0.15, 0.2) is 29.2 Å². The van der Waals surface area contributed by atoms with E-state index in [0.717, 1.165) is 25.1 Å². The van der Waals surface area contributed by atoms with Gasteiger partial charge in [0, 0.05) is 59.4 Å². The van der Waals surface area contributed by atoms with Crippen LogP contribution in [0.1, 0.15) is 32.3 Å². The van der Waals surface area contributed by atoms with E-state index in [1.54, 1.807) is 24.1 Å². The van der Waals surface area contributed by atoms with Crippen LogP contribution in [0, 0.1) is 5.92 Å². The molecule has 1 aromatic carbocycles. The minimum Gasteiger partial charge on any atom is -0.475 e. The summed E-state index contributed by atoms with van der Waals surface area (Å²) in [6.07, 6.45) is -3.39. The normalized spacial score (nSPS) is 14.5. The molecular formula is C23H36F3N3O6S. The molecule has 1 saturated heterocycles. The number of carbonyl (C=O) groups is 2. The van der Waals surface area contributed by atoms with Gasteiger partial charge in [-0.2, -0.15) is 17.5 Å². The van der Waals surface area contributed by atoms with Crippen molar-refractivity contribution in [3.63, 3.8) is 0 Å². The average Bonchev–Trinajstić information content (AvgIpc) is 2.81. The van der Waals surface area contributed by atoms with E-state index in [4.69, 9.17) is 14.6 Å². The van der Waals surface area contributed by atoms with Crippen molar-refractivity contribution in [3.05, 3.63) is 29.8 Å². The number of carboxylic acid groups (broad SMARTS) is 1. The minimum atomic E-state index is -5.08. The van der Waals surface area contributed by atoms with Crippen LogP contribution in [0.5, 0.6) is 0 Å². The molecule has 0 aromatic heterocycles. The number of nitrogens with one attached hydrogen (secondary N) is 1. The van der Waals surface area contributed by atoms with Crippen molar-refractivity contribution in [1.29, 1.82) is 0 Å². The van der Waals surface area contributed by atoms with Crippen molar-refractivity contribution in [3.8, 4) is 0 Å². The molecule has 206 valence electrons. The van der Waals surface area contributed by atoms with Gasteiger partial charge in [-0.05, 0) is 36.5 Å². The molecule has 9 nitrogen and oxygen atoms in total. The van der Waals surface area contributed by atoms with E-state index in [-0.39, 0.29) is 23.8 Å². The van der Waals surface area contributed by atoms with Gasteiger partial charge in [-0.15, -0.1) is 0 Å². The maximum absolute atomic E-state index is 13.2. The molecule has 1 aliphatic heterocycles.